The lowest BCUT2D eigenvalue weighted by atomic mass is 10.3. The monoisotopic (exact) mass is 274 g/mol. The summed E-state index contributed by atoms with van der Waals surface area (Å²) in [6, 6.07) is 19.5. The fourth-order valence-electron chi connectivity index (χ4n) is 1.20. The third-order valence-corrected chi connectivity index (χ3v) is 3.34. The van der Waals surface area contributed by atoms with Crippen LogP contribution in [-0.4, -0.2) is 10.0 Å². The second-order valence-corrected chi connectivity index (χ2v) is 4.85. The maximum absolute atomic E-state index is 5.53. The molecule has 0 amide bonds. The van der Waals surface area contributed by atoms with Gasteiger partial charge < -0.3 is 8.85 Å². The van der Waals surface area contributed by atoms with E-state index in [2.05, 4.69) is 13.8 Å². The summed E-state index contributed by atoms with van der Waals surface area (Å²) in [5.41, 5.74) is 0. The SMILES string of the molecule is CCCC.c1ccc(O[SiH2]Oc2ccccc2)cc1. The van der Waals surface area contributed by atoms with Crippen LogP contribution in [0.25, 0.3) is 0 Å². The topological polar surface area (TPSA) is 18.5 Å². The zero-order chi connectivity index (χ0) is 13.8. The summed E-state index contributed by atoms with van der Waals surface area (Å²) in [7, 11) is -0.985. The third-order valence-electron chi connectivity index (χ3n) is 2.44. The first-order valence-electron chi connectivity index (χ1n) is 6.72. The van der Waals surface area contributed by atoms with Crippen LogP contribution in [0.5, 0.6) is 11.5 Å². The maximum atomic E-state index is 5.53. The number of rotatable bonds is 5. The van der Waals surface area contributed by atoms with Gasteiger partial charge in [-0.1, -0.05) is 63.1 Å². The van der Waals surface area contributed by atoms with Gasteiger partial charge >= 0.3 is 10.0 Å². The first-order chi connectivity index (χ1) is 9.36. The summed E-state index contributed by atoms with van der Waals surface area (Å²) in [6.07, 6.45) is 2.64. The van der Waals surface area contributed by atoms with E-state index in [9.17, 15) is 0 Å². The minimum Gasteiger partial charge on any atom is -0.516 e. The van der Waals surface area contributed by atoms with E-state index in [1.165, 1.54) is 12.8 Å². The van der Waals surface area contributed by atoms with Crippen molar-refractivity contribution in [1.82, 2.24) is 0 Å². The molecule has 0 aliphatic rings. The van der Waals surface area contributed by atoms with Crippen LogP contribution < -0.4 is 8.85 Å². The lowest BCUT2D eigenvalue weighted by Crippen LogP contribution is -2.10. The van der Waals surface area contributed by atoms with Gasteiger partial charge in [-0.05, 0) is 24.3 Å². The molecule has 2 aromatic rings. The van der Waals surface area contributed by atoms with Crippen LogP contribution in [0.2, 0.25) is 0 Å². The fraction of sp³-hybridized carbons (Fsp3) is 0.250. The number of hydrogen-bond acceptors (Lipinski definition) is 2. The Labute approximate surface area is 118 Å². The van der Waals surface area contributed by atoms with Crippen LogP contribution in [0.15, 0.2) is 60.7 Å². The van der Waals surface area contributed by atoms with Crippen molar-refractivity contribution in [2.45, 2.75) is 26.7 Å². The smallest absolute Gasteiger partial charge is 0.427 e. The Morgan fingerprint density at radius 2 is 1.05 bits per heavy atom. The summed E-state index contributed by atoms with van der Waals surface area (Å²) in [4.78, 5) is 0. The molecule has 19 heavy (non-hydrogen) atoms. The van der Waals surface area contributed by atoms with Gasteiger partial charge in [0.1, 0.15) is 11.5 Å². The number of hydrogen-bond donors (Lipinski definition) is 0. The van der Waals surface area contributed by atoms with E-state index in [1.807, 2.05) is 60.7 Å². The Morgan fingerprint density at radius 3 is 1.37 bits per heavy atom. The molecule has 0 radical (unpaired) electrons. The molecule has 0 N–H and O–H groups in total. The summed E-state index contributed by atoms with van der Waals surface area (Å²) in [6.45, 7) is 4.36. The van der Waals surface area contributed by atoms with Gasteiger partial charge in [0.05, 0.1) is 0 Å². The van der Waals surface area contributed by atoms with Gasteiger partial charge in [-0.25, -0.2) is 0 Å². The summed E-state index contributed by atoms with van der Waals surface area (Å²) in [5, 5.41) is 0. The molecule has 0 aliphatic heterocycles. The molecule has 3 heteroatoms. The van der Waals surface area contributed by atoms with Crippen molar-refractivity contribution in [3.8, 4) is 11.5 Å². The minimum atomic E-state index is -0.985. The minimum absolute atomic E-state index is 0.875. The van der Waals surface area contributed by atoms with Crippen molar-refractivity contribution in [3.63, 3.8) is 0 Å². The third kappa shape index (κ3) is 7.31. The molecular formula is C16H22O2Si. The van der Waals surface area contributed by atoms with Gasteiger partial charge in [-0.15, -0.1) is 0 Å². The van der Waals surface area contributed by atoms with Crippen molar-refractivity contribution in [1.29, 1.82) is 0 Å². The van der Waals surface area contributed by atoms with Gasteiger partial charge in [0.2, 0.25) is 0 Å². The zero-order valence-corrected chi connectivity index (χ0v) is 13.1. The van der Waals surface area contributed by atoms with E-state index in [-0.39, 0.29) is 0 Å². The standard InChI is InChI=1S/C12H12O2Si.C4H10/c1-3-7-11(8-4-1)13-15-14-12-9-5-2-6-10-12;1-3-4-2/h1-10H,15H2;3-4H2,1-2H3. The molecule has 0 atom stereocenters. The van der Waals surface area contributed by atoms with E-state index in [0.717, 1.165) is 11.5 Å². The summed E-state index contributed by atoms with van der Waals surface area (Å²) < 4.78 is 11.1. The lowest BCUT2D eigenvalue weighted by molar-refractivity contribution is 0.459. The molecule has 2 nitrogen and oxygen atoms in total. The molecule has 0 heterocycles. The highest BCUT2D eigenvalue weighted by molar-refractivity contribution is 6.20. The predicted molar refractivity (Wildman–Crippen MR) is 83.3 cm³/mol. The Morgan fingerprint density at radius 1 is 0.684 bits per heavy atom. The van der Waals surface area contributed by atoms with Crippen molar-refractivity contribution in [2.24, 2.45) is 0 Å². The number of para-hydroxylation sites is 2. The average molecular weight is 274 g/mol. The van der Waals surface area contributed by atoms with E-state index in [1.54, 1.807) is 0 Å². The molecule has 2 rings (SSSR count). The first kappa shape index (κ1) is 15.3. The van der Waals surface area contributed by atoms with Gasteiger partial charge in [-0.3, -0.25) is 0 Å². The molecule has 102 valence electrons. The molecule has 0 aromatic heterocycles. The normalized spacial score (nSPS) is 9.16. The molecule has 0 bridgehead atoms. The Bertz CT molecular complexity index is 376. The lowest BCUT2D eigenvalue weighted by Gasteiger charge is -2.07. The Hall–Kier alpha value is -1.74. The second kappa shape index (κ2) is 10.2. The second-order valence-electron chi connectivity index (χ2n) is 4.03. The number of unbranched alkanes of at least 4 members (excludes halogenated alkanes) is 1. The zero-order valence-electron chi connectivity index (χ0n) is 11.7. The quantitative estimate of drug-likeness (QED) is 0.769. The van der Waals surface area contributed by atoms with E-state index < -0.39 is 10.0 Å². The molecule has 0 unspecified atom stereocenters. The van der Waals surface area contributed by atoms with Crippen LogP contribution in [0.3, 0.4) is 0 Å². The van der Waals surface area contributed by atoms with E-state index in [4.69, 9.17) is 8.85 Å². The van der Waals surface area contributed by atoms with Gasteiger partial charge in [0, 0.05) is 0 Å². The summed E-state index contributed by atoms with van der Waals surface area (Å²) in [5.74, 6) is 1.75. The van der Waals surface area contributed by atoms with Gasteiger partial charge in [0.15, 0.2) is 0 Å². The van der Waals surface area contributed by atoms with Crippen LogP contribution in [0.1, 0.15) is 26.7 Å². The molecule has 0 spiro atoms. The van der Waals surface area contributed by atoms with Crippen molar-refractivity contribution in [3.05, 3.63) is 60.7 Å². The Balaban J connectivity index is 0.000000399. The van der Waals surface area contributed by atoms with Crippen LogP contribution in [-0.2, 0) is 0 Å². The van der Waals surface area contributed by atoms with Crippen LogP contribution in [0.4, 0.5) is 0 Å². The van der Waals surface area contributed by atoms with Gasteiger partial charge in [-0.2, -0.15) is 0 Å². The molecule has 0 saturated heterocycles. The highest BCUT2D eigenvalue weighted by atomic mass is 28.3. The molecule has 0 fully saturated rings. The fourth-order valence-corrected chi connectivity index (χ4v) is 1.91. The van der Waals surface area contributed by atoms with Crippen LogP contribution >= 0.6 is 0 Å². The van der Waals surface area contributed by atoms with Crippen molar-refractivity contribution < 1.29 is 8.85 Å². The molecule has 0 saturated carbocycles. The average Bonchev–Trinajstić information content (AvgIpc) is 2.50. The number of benzene rings is 2. The highest BCUT2D eigenvalue weighted by Gasteiger charge is 1.94. The molecule has 0 aliphatic carbocycles. The van der Waals surface area contributed by atoms with Gasteiger partial charge in [0.25, 0.3) is 0 Å². The van der Waals surface area contributed by atoms with Crippen molar-refractivity contribution >= 4 is 10.0 Å². The van der Waals surface area contributed by atoms with Crippen molar-refractivity contribution in [2.75, 3.05) is 0 Å². The highest BCUT2D eigenvalue weighted by Crippen LogP contribution is 2.10. The molecule has 2 aromatic carbocycles. The Kier molecular flexibility index (Phi) is 8.23. The predicted octanol–water partition coefficient (Wildman–Crippen LogP) is 3.95. The maximum Gasteiger partial charge on any atom is 0.427 e. The molecular weight excluding hydrogens is 252 g/mol. The van der Waals surface area contributed by atoms with Crippen LogP contribution in [0, 0.1) is 0 Å². The largest absolute Gasteiger partial charge is 0.516 e. The van der Waals surface area contributed by atoms with E-state index >= 15 is 0 Å². The first-order valence-corrected chi connectivity index (χ1v) is 7.88. The summed E-state index contributed by atoms with van der Waals surface area (Å²) >= 11 is 0. The van der Waals surface area contributed by atoms with E-state index in [0.29, 0.717) is 0 Å².